The third-order valence-electron chi connectivity index (χ3n) is 7.24. The minimum atomic E-state index is -0.903. The number of hydrogen-bond acceptors (Lipinski definition) is 7. The summed E-state index contributed by atoms with van der Waals surface area (Å²) in [6, 6.07) is 15.2. The Hall–Kier alpha value is -4.01. The van der Waals surface area contributed by atoms with Crippen LogP contribution in [0.3, 0.4) is 0 Å². The van der Waals surface area contributed by atoms with Crippen LogP contribution in [0.15, 0.2) is 52.9 Å². The van der Waals surface area contributed by atoms with Crippen LogP contribution in [-0.2, 0) is 22.4 Å². The molecule has 0 saturated carbocycles. The number of methoxy groups -OCH3 is 1. The fourth-order valence-corrected chi connectivity index (χ4v) is 5.05. The Bertz CT molecular complexity index is 1320. The average molecular weight is 551 g/mol. The number of carboxylic acid groups (broad SMARTS) is 1. The Morgan fingerprint density at radius 3 is 2.60 bits per heavy atom. The number of nitrogens with zero attached hydrogens (tertiary/aromatic N) is 2. The zero-order valence-corrected chi connectivity index (χ0v) is 23.8. The fraction of sp³-hybridized carbons (Fsp3) is 0.452. The highest BCUT2D eigenvalue weighted by molar-refractivity contribution is 5.75. The van der Waals surface area contributed by atoms with Gasteiger partial charge in [0.05, 0.1) is 31.9 Å². The zero-order valence-electron chi connectivity index (χ0n) is 23.8. The Labute approximate surface area is 235 Å². The van der Waals surface area contributed by atoms with E-state index in [1.54, 1.807) is 7.11 Å². The van der Waals surface area contributed by atoms with E-state index in [0.717, 1.165) is 28.3 Å². The highest BCUT2D eigenvalue weighted by Gasteiger charge is 2.49. The van der Waals surface area contributed by atoms with Crippen LogP contribution >= 0.6 is 0 Å². The summed E-state index contributed by atoms with van der Waals surface area (Å²) in [6.07, 6.45) is 0.649. The van der Waals surface area contributed by atoms with Gasteiger partial charge in [0.2, 0.25) is 5.89 Å². The SMILES string of the molecule is COc1cccc(-c2nc(CCOc3ccc(C[C@]4(C)CN(C(=O)OCC(C)C)C[C@@H]4C(=O)O)cc3)c(C)o2)c1. The van der Waals surface area contributed by atoms with E-state index >= 15 is 0 Å². The number of carboxylic acids is 1. The first kappa shape index (κ1) is 29.0. The molecule has 0 unspecified atom stereocenters. The number of aliphatic carboxylic acids is 1. The maximum Gasteiger partial charge on any atom is 0.409 e. The van der Waals surface area contributed by atoms with E-state index in [1.165, 1.54) is 4.90 Å². The maximum absolute atomic E-state index is 12.5. The lowest BCUT2D eigenvalue weighted by atomic mass is 9.75. The molecule has 40 heavy (non-hydrogen) atoms. The van der Waals surface area contributed by atoms with Gasteiger partial charge in [-0.1, -0.05) is 39.0 Å². The molecule has 1 fully saturated rings. The van der Waals surface area contributed by atoms with Crippen molar-refractivity contribution in [3.05, 3.63) is 65.5 Å². The first-order valence-electron chi connectivity index (χ1n) is 13.5. The fourth-order valence-electron chi connectivity index (χ4n) is 5.05. The maximum atomic E-state index is 12.5. The third kappa shape index (κ3) is 6.94. The van der Waals surface area contributed by atoms with E-state index in [2.05, 4.69) is 4.98 Å². The standard InChI is InChI=1S/C31H38N2O7/c1-20(2)18-39-30(36)33-17-26(29(34)35)31(4,19-33)16-22-9-11-24(12-10-22)38-14-13-27-21(3)40-28(32-27)23-7-6-8-25(15-23)37-5/h6-12,15,20,26H,13-14,16-19H2,1-5H3,(H,34,35)/t26-,31-/m1/s1. The van der Waals surface area contributed by atoms with Crippen molar-refractivity contribution in [3.8, 4) is 23.0 Å². The number of rotatable bonds is 11. The van der Waals surface area contributed by atoms with Gasteiger partial charge in [-0.25, -0.2) is 9.78 Å². The summed E-state index contributed by atoms with van der Waals surface area (Å²) in [5, 5.41) is 9.87. The van der Waals surface area contributed by atoms with Crippen molar-refractivity contribution in [1.82, 2.24) is 9.88 Å². The molecule has 3 aromatic rings. The first-order valence-corrected chi connectivity index (χ1v) is 13.5. The van der Waals surface area contributed by atoms with Crippen molar-refractivity contribution in [2.45, 2.75) is 40.5 Å². The minimum Gasteiger partial charge on any atom is -0.497 e. The van der Waals surface area contributed by atoms with Gasteiger partial charge in [-0.05, 0) is 55.2 Å². The second-order valence-electron chi connectivity index (χ2n) is 11.1. The molecule has 1 aromatic heterocycles. The van der Waals surface area contributed by atoms with E-state index in [0.29, 0.717) is 44.2 Å². The van der Waals surface area contributed by atoms with Crippen molar-refractivity contribution in [1.29, 1.82) is 0 Å². The monoisotopic (exact) mass is 550 g/mol. The van der Waals surface area contributed by atoms with Crippen molar-refractivity contribution >= 4 is 12.1 Å². The van der Waals surface area contributed by atoms with E-state index in [1.807, 2.05) is 76.2 Å². The van der Waals surface area contributed by atoms with E-state index in [9.17, 15) is 14.7 Å². The number of benzene rings is 2. The van der Waals surface area contributed by atoms with Gasteiger partial charge in [-0.3, -0.25) is 4.79 Å². The predicted molar refractivity (Wildman–Crippen MR) is 150 cm³/mol. The molecule has 4 rings (SSSR count). The number of amides is 1. The molecular formula is C31H38N2O7. The molecule has 2 heterocycles. The van der Waals surface area contributed by atoms with Crippen LogP contribution in [0, 0.1) is 24.2 Å². The average Bonchev–Trinajstić information content (AvgIpc) is 3.48. The minimum absolute atomic E-state index is 0.144. The Morgan fingerprint density at radius 2 is 1.93 bits per heavy atom. The number of oxazole rings is 1. The van der Waals surface area contributed by atoms with E-state index < -0.39 is 23.4 Å². The number of aromatic nitrogens is 1. The van der Waals surface area contributed by atoms with Crippen molar-refractivity contribution in [2.24, 2.45) is 17.3 Å². The van der Waals surface area contributed by atoms with E-state index in [-0.39, 0.29) is 12.5 Å². The number of carbonyl (C=O) groups excluding carboxylic acids is 1. The molecule has 0 spiro atoms. The highest BCUT2D eigenvalue weighted by atomic mass is 16.6. The lowest BCUT2D eigenvalue weighted by molar-refractivity contribution is -0.144. The van der Waals surface area contributed by atoms with Crippen LogP contribution in [0.1, 0.15) is 37.8 Å². The van der Waals surface area contributed by atoms with Crippen LogP contribution in [0.5, 0.6) is 11.5 Å². The van der Waals surface area contributed by atoms with Crippen molar-refractivity contribution in [3.63, 3.8) is 0 Å². The van der Waals surface area contributed by atoms with Gasteiger partial charge in [0, 0.05) is 30.5 Å². The topological polar surface area (TPSA) is 111 Å². The Balaban J connectivity index is 1.33. The molecule has 1 aliphatic heterocycles. The van der Waals surface area contributed by atoms with Crippen LogP contribution in [-0.4, -0.2) is 60.5 Å². The molecular weight excluding hydrogens is 512 g/mol. The van der Waals surface area contributed by atoms with Crippen LogP contribution < -0.4 is 9.47 Å². The summed E-state index contributed by atoms with van der Waals surface area (Å²) >= 11 is 0. The summed E-state index contributed by atoms with van der Waals surface area (Å²) in [4.78, 5) is 30.7. The zero-order chi connectivity index (χ0) is 28.9. The summed E-state index contributed by atoms with van der Waals surface area (Å²) in [7, 11) is 1.62. The van der Waals surface area contributed by atoms with Gasteiger partial charge in [0.25, 0.3) is 0 Å². The lowest BCUT2D eigenvalue weighted by Gasteiger charge is -2.28. The van der Waals surface area contributed by atoms with Crippen molar-refractivity contribution < 1.29 is 33.3 Å². The van der Waals surface area contributed by atoms with Gasteiger partial charge in [-0.2, -0.15) is 0 Å². The summed E-state index contributed by atoms with van der Waals surface area (Å²) in [6.45, 7) is 8.94. The van der Waals surface area contributed by atoms with Gasteiger partial charge in [-0.15, -0.1) is 0 Å². The quantitative estimate of drug-likeness (QED) is 0.327. The van der Waals surface area contributed by atoms with Gasteiger partial charge in [0.15, 0.2) is 0 Å². The molecule has 0 radical (unpaired) electrons. The number of ether oxygens (including phenoxy) is 3. The molecule has 1 aliphatic rings. The van der Waals surface area contributed by atoms with Gasteiger partial charge in [0.1, 0.15) is 17.3 Å². The van der Waals surface area contributed by atoms with Crippen LogP contribution in [0.2, 0.25) is 0 Å². The largest absolute Gasteiger partial charge is 0.497 e. The summed E-state index contributed by atoms with van der Waals surface area (Å²) < 4.78 is 22.5. The number of carbonyl (C=O) groups is 2. The molecule has 9 nitrogen and oxygen atoms in total. The Morgan fingerprint density at radius 1 is 1.18 bits per heavy atom. The predicted octanol–water partition coefficient (Wildman–Crippen LogP) is 5.64. The van der Waals surface area contributed by atoms with Gasteiger partial charge >= 0.3 is 12.1 Å². The van der Waals surface area contributed by atoms with Crippen LogP contribution in [0.25, 0.3) is 11.5 Å². The smallest absolute Gasteiger partial charge is 0.409 e. The number of likely N-dealkylation sites (tertiary alicyclic amines) is 1. The third-order valence-corrected chi connectivity index (χ3v) is 7.24. The number of aryl methyl sites for hydroxylation is 1. The molecule has 1 saturated heterocycles. The molecule has 2 aromatic carbocycles. The van der Waals surface area contributed by atoms with Crippen molar-refractivity contribution in [2.75, 3.05) is 33.4 Å². The second kappa shape index (κ2) is 12.4. The molecule has 1 amide bonds. The molecule has 0 bridgehead atoms. The second-order valence-corrected chi connectivity index (χ2v) is 11.1. The molecule has 1 N–H and O–H groups in total. The molecule has 2 atom stereocenters. The number of hydrogen-bond donors (Lipinski definition) is 1. The summed E-state index contributed by atoms with van der Waals surface area (Å²) in [5.74, 6) is 1.37. The van der Waals surface area contributed by atoms with Gasteiger partial charge < -0.3 is 28.6 Å². The first-order chi connectivity index (χ1) is 19.1. The van der Waals surface area contributed by atoms with E-state index in [4.69, 9.17) is 18.6 Å². The molecule has 214 valence electrons. The molecule has 0 aliphatic carbocycles. The Kier molecular flexibility index (Phi) is 9.02. The summed E-state index contributed by atoms with van der Waals surface area (Å²) in [5.41, 5.74) is 2.05. The van der Waals surface area contributed by atoms with Crippen LogP contribution in [0.4, 0.5) is 4.79 Å². The lowest BCUT2D eigenvalue weighted by Crippen LogP contribution is -2.34. The highest BCUT2D eigenvalue weighted by Crippen LogP contribution is 2.39. The normalized spacial score (nSPS) is 18.6. The molecule has 9 heteroatoms.